The summed E-state index contributed by atoms with van der Waals surface area (Å²) in [6, 6.07) is 12.4. The molecular weight excluding hydrogens is 316 g/mol. The molecule has 1 aromatic heterocycles. The zero-order valence-electron chi connectivity index (χ0n) is 11.6. The summed E-state index contributed by atoms with van der Waals surface area (Å²) in [5.74, 6) is 0. The Morgan fingerprint density at radius 1 is 1.10 bits per heavy atom. The maximum absolute atomic E-state index is 5.49. The Kier molecular flexibility index (Phi) is 6.18. The number of rotatable bonds is 7. The van der Waals surface area contributed by atoms with E-state index in [1.54, 1.807) is 0 Å². The minimum atomic E-state index is 0.672. The highest BCUT2D eigenvalue weighted by Crippen LogP contribution is 2.11. The normalized spacial score (nSPS) is 10.7. The Labute approximate surface area is 128 Å². The highest BCUT2D eigenvalue weighted by atomic mass is 79.9. The summed E-state index contributed by atoms with van der Waals surface area (Å²) in [6.45, 7) is 5.01. The third-order valence-corrected chi connectivity index (χ3v) is 3.46. The van der Waals surface area contributed by atoms with Crippen LogP contribution < -0.4 is 5.32 Å². The summed E-state index contributed by atoms with van der Waals surface area (Å²) >= 11 is 3.39. The van der Waals surface area contributed by atoms with E-state index >= 15 is 0 Å². The molecule has 106 valence electrons. The zero-order chi connectivity index (χ0) is 14.2. The van der Waals surface area contributed by atoms with Gasteiger partial charge >= 0.3 is 0 Å². The Balaban J connectivity index is 1.88. The number of benzene rings is 1. The van der Waals surface area contributed by atoms with Gasteiger partial charge in [0.05, 0.1) is 12.3 Å². The molecule has 0 unspecified atom stereocenters. The van der Waals surface area contributed by atoms with Crippen molar-refractivity contribution in [1.82, 2.24) is 10.3 Å². The molecule has 0 aliphatic carbocycles. The Hall–Kier alpha value is -1.23. The highest BCUT2D eigenvalue weighted by molar-refractivity contribution is 9.10. The summed E-state index contributed by atoms with van der Waals surface area (Å²) < 4.78 is 6.50. The van der Waals surface area contributed by atoms with E-state index in [9.17, 15) is 0 Å². The quantitative estimate of drug-likeness (QED) is 0.838. The Morgan fingerprint density at radius 2 is 1.90 bits per heavy atom. The summed E-state index contributed by atoms with van der Waals surface area (Å²) in [5, 5.41) is 3.42. The van der Waals surface area contributed by atoms with Crippen LogP contribution in [0.15, 0.2) is 47.1 Å². The molecule has 1 aromatic carbocycles. The van der Waals surface area contributed by atoms with Crippen molar-refractivity contribution in [1.29, 1.82) is 0 Å². The van der Waals surface area contributed by atoms with Gasteiger partial charge in [-0.3, -0.25) is 4.98 Å². The average molecular weight is 335 g/mol. The summed E-state index contributed by atoms with van der Waals surface area (Å²) in [7, 11) is 0. The second-order valence-electron chi connectivity index (χ2n) is 4.48. The molecule has 4 heteroatoms. The van der Waals surface area contributed by atoms with Gasteiger partial charge in [0.1, 0.15) is 0 Å². The van der Waals surface area contributed by atoms with Gasteiger partial charge in [-0.05, 0) is 46.1 Å². The standard InChI is InChI=1S/C16H19BrN2O/c1-2-20-12-14-6-4-3-5-13(14)9-18-11-16-8-7-15(17)10-19-16/h3-8,10,18H,2,9,11-12H2,1H3. The van der Waals surface area contributed by atoms with Crippen molar-refractivity contribution in [2.45, 2.75) is 26.6 Å². The van der Waals surface area contributed by atoms with Gasteiger partial charge in [0.2, 0.25) is 0 Å². The van der Waals surface area contributed by atoms with Gasteiger partial charge in [0, 0.05) is 30.4 Å². The lowest BCUT2D eigenvalue weighted by atomic mass is 10.1. The molecule has 0 spiro atoms. The molecule has 20 heavy (non-hydrogen) atoms. The van der Waals surface area contributed by atoms with Crippen LogP contribution in [-0.4, -0.2) is 11.6 Å². The van der Waals surface area contributed by atoms with Gasteiger partial charge in [-0.15, -0.1) is 0 Å². The van der Waals surface area contributed by atoms with E-state index in [4.69, 9.17) is 4.74 Å². The van der Waals surface area contributed by atoms with Gasteiger partial charge in [-0.2, -0.15) is 0 Å². The molecule has 1 N–H and O–H groups in total. The minimum absolute atomic E-state index is 0.672. The van der Waals surface area contributed by atoms with Crippen LogP contribution >= 0.6 is 15.9 Å². The summed E-state index contributed by atoms with van der Waals surface area (Å²) in [4.78, 5) is 4.35. The van der Waals surface area contributed by atoms with E-state index < -0.39 is 0 Å². The van der Waals surface area contributed by atoms with E-state index in [-0.39, 0.29) is 0 Å². The molecule has 0 aliphatic heterocycles. The maximum atomic E-state index is 5.49. The number of halogens is 1. The molecule has 2 rings (SSSR count). The molecule has 0 radical (unpaired) electrons. The smallest absolute Gasteiger partial charge is 0.0719 e. The first kappa shape index (κ1) is 15.2. The van der Waals surface area contributed by atoms with Crippen LogP contribution in [0.2, 0.25) is 0 Å². The SMILES string of the molecule is CCOCc1ccccc1CNCc1ccc(Br)cn1. The molecule has 0 bridgehead atoms. The number of pyridine rings is 1. The fraction of sp³-hybridized carbons (Fsp3) is 0.312. The van der Waals surface area contributed by atoms with Crippen LogP contribution in [0.4, 0.5) is 0 Å². The van der Waals surface area contributed by atoms with Crippen LogP contribution in [0.3, 0.4) is 0 Å². The van der Waals surface area contributed by atoms with E-state index in [2.05, 4.69) is 44.4 Å². The molecule has 0 fully saturated rings. The molecule has 2 aromatic rings. The number of hydrogen-bond acceptors (Lipinski definition) is 3. The second-order valence-corrected chi connectivity index (χ2v) is 5.39. The van der Waals surface area contributed by atoms with Crippen molar-refractivity contribution >= 4 is 15.9 Å². The van der Waals surface area contributed by atoms with Crippen LogP contribution in [-0.2, 0) is 24.4 Å². The number of nitrogens with zero attached hydrogens (tertiary/aromatic N) is 1. The Bertz CT molecular complexity index is 528. The van der Waals surface area contributed by atoms with Gasteiger partial charge in [-0.1, -0.05) is 24.3 Å². The summed E-state index contributed by atoms with van der Waals surface area (Å²) in [5.41, 5.74) is 3.55. The molecule has 0 amide bonds. The fourth-order valence-electron chi connectivity index (χ4n) is 1.92. The predicted octanol–water partition coefficient (Wildman–Crippen LogP) is 3.67. The van der Waals surface area contributed by atoms with Gasteiger partial charge < -0.3 is 10.1 Å². The van der Waals surface area contributed by atoms with Crippen LogP contribution in [0.5, 0.6) is 0 Å². The lowest BCUT2D eigenvalue weighted by Gasteiger charge is -2.10. The third kappa shape index (κ3) is 4.71. The molecule has 3 nitrogen and oxygen atoms in total. The lowest BCUT2D eigenvalue weighted by Crippen LogP contribution is -2.15. The molecular formula is C16H19BrN2O. The van der Waals surface area contributed by atoms with E-state index in [1.807, 2.05) is 31.3 Å². The van der Waals surface area contributed by atoms with Crippen molar-refractivity contribution in [2.24, 2.45) is 0 Å². The highest BCUT2D eigenvalue weighted by Gasteiger charge is 2.02. The molecule has 0 atom stereocenters. The lowest BCUT2D eigenvalue weighted by molar-refractivity contribution is 0.133. The third-order valence-electron chi connectivity index (χ3n) is 2.99. The zero-order valence-corrected chi connectivity index (χ0v) is 13.2. The molecule has 1 heterocycles. The van der Waals surface area contributed by atoms with E-state index in [1.165, 1.54) is 11.1 Å². The van der Waals surface area contributed by atoms with Crippen LogP contribution in [0.25, 0.3) is 0 Å². The van der Waals surface area contributed by atoms with Crippen molar-refractivity contribution in [2.75, 3.05) is 6.61 Å². The van der Waals surface area contributed by atoms with Gasteiger partial charge in [0.15, 0.2) is 0 Å². The number of aromatic nitrogens is 1. The monoisotopic (exact) mass is 334 g/mol. The largest absolute Gasteiger partial charge is 0.377 e. The predicted molar refractivity (Wildman–Crippen MR) is 84.3 cm³/mol. The van der Waals surface area contributed by atoms with Crippen molar-refractivity contribution in [3.05, 3.63) is 63.9 Å². The molecule has 0 saturated carbocycles. The summed E-state index contributed by atoms with van der Waals surface area (Å²) in [6.07, 6.45) is 1.82. The first-order chi connectivity index (χ1) is 9.79. The van der Waals surface area contributed by atoms with Crippen LogP contribution in [0, 0.1) is 0 Å². The molecule has 0 saturated heterocycles. The van der Waals surface area contributed by atoms with Crippen LogP contribution in [0.1, 0.15) is 23.7 Å². The van der Waals surface area contributed by atoms with Crippen molar-refractivity contribution in [3.63, 3.8) is 0 Å². The van der Waals surface area contributed by atoms with Gasteiger partial charge in [-0.25, -0.2) is 0 Å². The number of nitrogens with one attached hydrogen (secondary N) is 1. The van der Waals surface area contributed by atoms with Crippen molar-refractivity contribution < 1.29 is 4.74 Å². The first-order valence-corrected chi connectivity index (χ1v) is 7.54. The van der Waals surface area contributed by atoms with E-state index in [0.717, 1.165) is 29.9 Å². The average Bonchev–Trinajstić information content (AvgIpc) is 2.48. The topological polar surface area (TPSA) is 34.1 Å². The molecule has 0 aliphatic rings. The van der Waals surface area contributed by atoms with Gasteiger partial charge in [0.25, 0.3) is 0 Å². The van der Waals surface area contributed by atoms with Crippen molar-refractivity contribution in [3.8, 4) is 0 Å². The number of ether oxygens (including phenoxy) is 1. The minimum Gasteiger partial charge on any atom is -0.377 e. The maximum Gasteiger partial charge on any atom is 0.0719 e. The Morgan fingerprint density at radius 3 is 2.60 bits per heavy atom. The fourth-order valence-corrected chi connectivity index (χ4v) is 2.15. The van der Waals surface area contributed by atoms with E-state index in [0.29, 0.717) is 6.61 Å². The number of hydrogen-bond donors (Lipinski definition) is 1. The first-order valence-electron chi connectivity index (χ1n) is 6.75. The second kappa shape index (κ2) is 8.15.